The van der Waals surface area contributed by atoms with Crippen LogP contribution in [-0.4, -0.2) is 17.3 Å². The average Bonchev–Trinajstić information content (AvgIpc) is 2.06. The lowest BCUT2D eigenvalue weighted by Gasteiger charge is -2.10. The van der Waals surface area contributed by atoms with E-state index in [-0.39, 0.29) is 10.2 Å². The highest BCUT2D eigenvalue weighted by molar-refractivity contribution is 9.10. The Bertz CT molecular complexity index is 394. The molecular formula is C7H4BrF3N2O2. The van der Waals surface area contributed by atoms with Crippen molar-refractivity contribution in [3.63, 3.8) is 0 Å². The molecule has 0 aliphatic heterocycles. The molecule has 0 unspecified atom stereocenters. The number of primary amides is 1. The van der Waals surface area contributed by atoms with Crippen LogP contribution in [0.3, 0.4) is 0 Å². The number of hydrogen-bond donors (Lipinski definition) is 1. The maximum absolute atomic E-state index is 11.9. The summed E-state index contributed by atoms with van der Waals surface area (Å²) in [6, 6.07) is 0.805. The van der Waals surface area contributed by atoms with Crippen LogP contribution in [0.2, 0.25) is 0 Å². The largest absolute Gasteiger partial charge is 0.573 e. The molecule has 0 aliphatic carbocycles. The molecule has 1 amide bonds. The Balaban J connectivity index is 3.06. The summed E-state index contributed by atoms with van der Waals surface area (Å²) in [5.74, 6) is -1.50. The number of alkyl halides is 3. The predicted octanol–water partition coefficient (Wildman–Crippen LogP) is 1.84. The van der Waals surface area contributed by atoms with Crippen molar-refractivity contribution in [2.75, 3.05) is 0 Å². The zero-order valence-corrected chi connectivity index (χ0v) is 8.59. The molecule has 0 bridgehead atoms. The number of nitrogens with zero attached hydrogens (tertiary/aromatic N) is 1. The van der Waals surface area contributed by atoms with E-state index < -0.39 is 18.0 Å². The number of carbonyl (C=O) groups is 1. The highest BCUT2D eigenvalue weighted by atomic mass is 79.9. The summed E-state index contributed by atoms with van der Waals surface area (Å²) < 4.78 is 39.2. The third-order valence-corrected chi connectivity index (χ3v) is 1.89. The van der Waals surface area contributed by atoms with E-state index in [2.05, 4.69) is 25.7 Å². The SMILES string of the molecule is NC(=O)c1cc(OC(F)(F)F)c(Br)cn1. The van der Waals surface area contributed by atoms with Gasteiger partial charge in [0.1, 0.15) is 11.4 Å². The minimum atomic E-state index is -4.83. The molecular weight excluding hydrogens is 281 g/mol. The van der Waals surface area contributed by atoms with E-state index in [0.717, 1.165) is 12.3 Å². The first-order valence-electron chi connectivity index (χ1n) is 3.50. The molecule has 1 aromatic heterocycles. The Morgan fingerprint density at radius 2 is 2.13 bits per heavy atom. The fourth-order valence-corrected chi connectivity index (χ4v) is 1.06. The second-order valence-corrected chi connectivity index (χ2v) is 3.27. The lowest BCUT2D eigenvalue weighted by molar-refractivity contribution is -0.274. The second-order valence-electron chi connectivity index (χ2n) is 2.41. The van der Waals surface area contributed by atoms with Gasteiger partial charge in [0.25, 0.3) is 5.91 Å². The van der Waals surface area contributed by atoms with E-state index in [1.54, 1.807) is 0 Å². The summed E-state index contributed by atoms with van der Waals surface area (Å²) in [6.07, 6.45) is -3.83. The molecule has 0 atom stereocenters. The van der Waals surface area contributed by atoms with E-state index in [0.29, 0.717) is 0 Å². The molecule has 1 rings (SSSR count). The van der Waals surface area contributed by atoms with Gasteiger partial charge in [-0.3, -0.25) is 4.79 Å². The third-order valence-electron chi connectivity index (χ3n) is 1.30. The Morgan fingerprint density at radius 1 is 1.53 bits per heavy atom. The van der Waals surface area contributed by atoms with Crippen molar-refractivity contribution in [2.45, 2.75) is 6.36 Å². The molecule has 0 aromatic carbocycles. The van der Waals surface area contributed by atoms with E-state index in [1.165, 1.54) is 0 Å². The molecule has 0 radical (unpaired) electrons. The summed E-state index contributed by atoms with van der Waals surface area (Å²) >= 11 is 2.79. The van der Waals surface area contributed by atoms with Crippen LogP contribution in [0.25, 0.3) is 0 Å². The number of rotatable bonds is 2. The molecule has 0 aliphatic rings. The van der Waals surface area contributed by atoms with Crippen molar-refractivity contribution in [3.8, 4) is 5.75 Å². The Kier molecular flexibility index (Phi) is 3.18. The number of nitrogens with two attached hydrogens (primary N) is 1. The topological polar surface area (TPSA) is 65.2 Å². The first kappa shape index (κ1) is 11.8. The highest BCUT2D eigenvalue weighted by Gasteiger charge is 2.32. The van der Waals surface area contributed by atoms with Crippen molar-refractivity contribution >= 4 is 21.8 Å². The van der Waals surface area contributed by atoms with Crippen LogP contribution in [0.5, 0.6) is 5.75 Å². The first-order chi connectivity index (χ1) is 6.79. The number of ether oxygens (including phenoxy) is 1. The van der Waals surface area contributed by atoms with Crippen molar-refractivity contribution in [3.05, 3.63) is 22.4 Å². The zero-order chi connectivity index (χ0) is 11.6. The van der Waals surface area contributed by atoms with Crippen LogP contribution < -0.4 is 10.5 Å². The summed E-state index contributed by atoms with van der Waals surface area (Å²) in [4.78, 5) is 14.1. The van der Waals surface area contributed by atoms with Crippen molar-refractivity contribution in [1.29, 1.82) is 0 Å². The van der Waals surface area contributed by atoms with Gasteiger partial charge in [0, 0.05) is 12.3 Å². The van der Waals surface area contributed by atoms with Gasteiger partial charge < -0.3 is 10.5 Å². The van der Waals surface area contributed by atoms with Crippen LogP contribution in [0.4, 0.5) is 13.2 Å². The second kappa shape index (κ2) is 4.05. The van der Waals surface area contributed by atoms with Crippen molar-refractivity contribution in [2.24, 2.45) is 5.73 Å². The van der Waals surface area contributed by atoms with Gasteiger partial charge in [-0.2, -0.15) is 0 Å². The number of aromatic nitrogens is 1. The van der Waals surface area contributed by atoms with Gasteiger partial charge in [0.05, 0.1) is 4.47 Å². The summed E-state index contributed by atoms with van der Waals surface area (Å²) in [5, 5.41) is 0. The molecule has 8 heteroatoms. The number of halogens is 4. The zero-order valence-electron chi connectivity index (χ0n) is 7.01. The maximum Gasteiger partial charge on any atom is 0.573 e. The normalized spacial score (nSPS) is 11.2. The molecule has 0 saturated carbocycles. The summed E-state index contributed by atoms with van der Waals surface area (Å²) in [6.45, 7) is 0. The van der Waals surface area contributed by atoms with Gasteiger partial charge >= 0.3 is 6.36 Å². The first-order valence-corrected chi connectivity index (χ1v) is 4.30. The molecule has 0 fully saturated rings. The average molecular weight is 285 g/mol. The number of carbonyl (C=O) groups excluding carboxylic acids is 1. The van der Waals surface area contributed by atoms with Gasteiger partial charge in [-0.1, -0.05) is 0 Å². The lowest BCUT2D eigenvalue weighted by Crippen LogP contribution is -2.19. The molecule has 15 heavy (non-hydrogen) atoms. The van der Waals surface area contributed by atoms with Crippen LogP contribution in [0.1, 0.15) is 10.5 Å². The third kappa shape index (κ3) is 3.39. The van der Waals surface area contributed by atoms with E-state index in [4.69, 9.17) is 5.73 Å². The van der Waals surface area contributed by atoms with E-state index >= 15 is 0 Å². The summed E-state index contributed by atoms with van der Waals surface area (Å²) in [7, 11) is 0. The Morgan fingerprint density at radius 3 is 2.60 bits per heavy atom. The van der Waals surface area contributed by atoms with Gasteiger partial charge in [-0.05, 0) is 15.9 Å². The molecule has 82 valence electrons. The van der Waals surface area contributed by atoms with Crippen LogP contribution in [-0.2, 0) is 0 Å². The van der Waals surface area contributed by atoms with Crippen LogP contribution in [0.15, 0.2) is 16.7 Å². The van der Waals surface area contributed by atoms with Crippen LogP contribution in [0, 0.1) is 0 Å². The van der Waals surface area contributed by atoms with E-state index in [9.17, 15) is 18.0 Å². The van der Waals surface area contributed by atoms with E-state index in [1.807, 2.05) is 0 Å². The quantitative estimate of drug-likeness (QED) is 0.901. The van der Waals surface area contributed by atoms with Crippen molar-refractivity contribution in [1.82, 2.24) is 4.98 Å². The predicted molar refractivity (Wildman–Crippen MR) is 47.1 cm³/mol. The minimum Gasteiger partial charge on any atom is -0.404 e. The van der Waals surface area contributed by atoms with Gasteiger partial charge in [-0.15, -0.1) is 13.2 Å². The molecule has 0 saturated heterocycles. The molecule has 4 nitrogen and oxygen atoms in total. The molecule has 1 heterocycles. The lowest BCUT2D eigenvalue weighted by atomic mass is 10.3. The van der Waals surface area contributed by atoms with Crippen molar-refractivity contribution < 1.29 is 22.7 Å². The maximum atomic E-state index is 11.9. The molecule has 0 spiro atoms. The van der Waals surface area contributed by atoms with Gasteiger partial charge in [-0.25, -0.2) is 4.98 Å². The number of hydrogen-bond acceptors (Lipinski definition) is 3. The number of pyridine rings is 1. The molecule has 2 N–H and O–H groups in total. The number of amides is 1. The molecule has 1 aromatic rings. The Labute approximate surface area is 90.4 Å². The fourth-order valence-electron chi connectivity index (χ4n) is 0.758. The van der Waals surface area contributed by atoms with Gasteiger partial charge in [0.15, 0.2) is 0 Å². The van der Waals surface area contributed by atoms with Crippen LogP contribution >= 0.6 is 15.9 Å². The van der Waals surface area contributed by atoms with Gasteiger partial charge in [0.2, 0.25) is 0 Å². The minimum absolute atomic E-state index is 0.0233. The fraction of sp³-hybridized carbons (Fsp3) is 0.143. The summed E-state index contributed by atoms with van der Waals surface area (Å²) in [5.41, 5.74) is 4.54. The smallest absolute Gasteiger partial charge is 0.404 e. The Hall–Kier alpha value is -1.31. The highest BCUT2D eigenvalue weighted by Crippen LogP contribution is 2.29. The standard InChI is InChI=1S/C7H4BrF3N2O2/c8-3-2-13-4(6(12)14)1-5(3)15-7(9,10)11/h1-2H,(H2,12,14). The monoisotopic (exact) mass is 284 g/mol.